The lowest BCUT2D eigenvalue weighted by Crippen LogP contribution is -2.36. The molecule has 0 radical (unpaired) electrons. The molecule has 5 nitrogen and oxygen atoms in total. The van der Waals surface area contributed by atoms with Crippen molar-refractivity contribution in [1.82, 2.24) is 14.9 Å². The van der Waals surface area contributed by atoms with Gasteiger partial charge in [0.2, 0.25) is 0 Å². The Hall–Kier alpha value is -2.04. The number of rotatable bonds is 3. The van der Waals surface area contributed by atoms with Gasteiger partial charge in [-0.05, 0) is 46.1 Å². The number of amides is 1. The first kappa shape index (κ1) is 16.3. The van der Waals surface area contributed by atoms with Gasteiger partial charge in [-0.25, -0.2) is 9.78 Å². The van der Waals surface area contributed by atoms with Crippen molar-refractivity contribution in [3.05, 3.63) is 36.4 Å². The van der Waals surface area contributed by atoms with Crippen LogP contribution in [0.2, 0.25) is 0 Å². The molecule has 2 rings (SSSR count). The predicted molar refractivity (Wildman–Crippen MR) is 87.4 cm³/mol. The van der Waals surface area contributed by atoms with E-state index >= 15 is 0 Å². The van der Waals surface area contributed by atoms with E-state index in [1.165, 1.54) is 0 Å². The zero-order valence-electron chi connectivity index (χ0n) is 13.8. The molecular formula is C17H25N3O2. The van der Waals surface area contributed by atoms with Crippen molar-refractivity contribution in [3.8, 4) is 0 Å². The highest BCUT2D eigenvalue weighted by Gasteiger charge is 2.34. The van der Waals surface area contributed by atoms with Gasteiger partial charge in [0.15, 0.2) is 0 Å². The van der Waals surface area contributed by atoms with Gasteiger partial charge in [-0.15, -0.1) is 0 Å². The van der Waals surface area contributed by atoms with Gasteiger partial charge in [0, 0.05) is 6.54 Å². The van der Waals surface area contributed by atoms with Crippen LogP contribution in [0.15, 0.2) is 24.9 Å². The Bertz CT molecular complexity index is 581. The van der Waals surface area contributed by atoms with Crippen LogP contribution in [0.5, 0.6) is 0 Å². The number of allylic oxidation sites excluding steroid dienone is 3. The van der Waals surface area contributed by atoms with Crippen molar-refractivity contribution in [2.75, 3.05) is 6.54 Å². The Morgan fingerprint density at radius 1 is 1.55 bits per heavy atom. The highest BCUT2D eigenvalue weighted by atomic mass is 16.6. The van der Waals surface area contributed by atoms with Gasteiger partial charge in [-0.3, -0.25) is 4.90 Å². The van der Waals surface area contributed by atoms with Crippen molar-refractivity contribution >= 4 is 11.7 Å². The van der Waals surface area contributed by atoms with Crippen molar-refractivity contribution < 1.29 is 9.53 Å². The van der Waals surface area contributed by atoms with Crippen molar-refractivity contribution in [1.29, 1.82) is 0 Å². The lowest BCUT2D eigenvalue weighted by atomic mass is 10.2. The number of nitrogens with zero attached hydrogens (tertiary/aromatic N) is 2. The molecule has 1 saturated heterocycles. The number of hydrogen-bond donors (Lipinski definition) is 1. The lowest BCUT2D eigenvalue weighted by Gasteiger charge is -2.27. The molecule has 1 aromatic rings. The second-order valence-electron chi connectivity index (χ2n) is 6.46. The van der Waals surface area contributed by atoms with Crippen molar-refractivity contribution in [2.45, 2.75) is 52.2 Å². The molecule has 1 aliphatic rings. The molecule has 1 fully saturated rings. The number of ether oxygens (including phenoxy) is 1. The van der Waals surface area contributed by atoms with Crippen LogP contribution in [0, 0.1) is 0 Å². The maximum absolute atomic E-state index is 12.3. The molecule has 1 amide bonds. The summed E-state index contributed by atoms with van der Waals surface area (Å²) in [7, 11) is 0. The number of aromatic nitrogens is 2. The Morgan fingerprint density at radius 2 is 2.27 bits per heavy atom. The molecule has 1 aliphatic heterocycles. The Labute approximate surface area is 132 Å². The van der Waals surface area contributed by atoms with Crippen LogP contribution in [-0.2, 0) is 4.74 Å². The van der Waals surface area contributed by atoms with Crippen LogP contribution < -0.4 is 0 Å². The van der Waals surface area contributed by atoms with Gasteiger partial charge in [-0.1, -0.05) is 18.7 Å². The van der Waals surface area contributed by atoms with Crippen LogP contribution in [-0.4, -0.2) is 33.1 Å². The molecule has 120 valence electrons. The third-order valence-electron chi connectivity index (χ3n) is 3.63. The van der Waals surface area contributed by atoms with E-state index in [9.17, 15) is 4.79 Å². The third-order valence-corrected chi connectivity index (χ3v) is 3.63. The van der Waals surface area contributed by atoms with Gasteiger partial charge in [0.1, 0.15) is 11.4 Å². The van der Waals surface area contributed by atoms with E-state index in [1.54, 1.807) is 17.2 Å². The summed E-state index contributed by atoms with van der Waals surface area (Å²) in [6, 6.07) is -0.0495. The van der Waals surface area contributed by atoms with Gasteiger partial charge in [0.25, 0.3) is 0 Å². The van der Waals surface area contributed by atoms with Crippen molar-refractivity contribution in [3.63, 3.8) is 0 Å². The van der Waals surface area contributed by atoms with Gasteiger partial charge in [0.05, 0.1) is 17.9 Å². The van der Waals surface area contributed by atoms with E-state index in [2.05, 4.69) is 16.5 Å². The Kier molecular flexibility index (Phi) is 4.74. The second-order valence-corrected chi connectivity index (χ2v) is 6.46. The summed E-state index contributed by atoms with van der Waals surface area (Å²) in [5.74, 6) is 0.805. The van der Waals surface area contributed by atoms with E-state index in [-0.39, 0.29) is 12.1 Å². The number of likely N-dealkylation sites (tertiary alicyclic amines) is 1. The fraction of sp³-hybridized carbons (Fsp3) is 0.529. The minimum absolute atomic E-state index is 0.0495. The smallest absolute Gasteiger partial charge is 0.410 e. The predicted octanol–water partition coefficient (Wildman–Crippen LogP) is 4.07. The van der Waals surface area contributed by atoms with Gasteiger partial charge >= 0.3 is 6.09 Å². The minimum atomic E-state index is -0.487. The van der Waals surface area contributed by atoms with Crippen LogP contribution in [0.1, 0.15) is 58.1 Å². The normalized spacial score (nSPS) is 19.4. The molecular weight excluding hydrogens is 278 g/mol. The highest BCUT2D eigenvalue weighted by molar-refractivity contribution is 5.71. The SMILES string of the molecule is C=C/C(=C\C)c1cnc(C2CCCN2C(=O)OC(C)(C)C)[nH]1. The quantitative estimate of drug-likeness (QED) is 0.856. The Balaban J connectivity index is 2.17. The van der Waals surface area contributed by atoms with Crippen LogP contribution in [0.4, 0.5) is 4.79 Å². The fourth-order valence-electron chi connectivity index (χ4n) is 2.63. The molecule has 2 heterocycles. The topological polar surface area (TPSA) is 58.2 Å². The molecule has 0 aliphatic carbocycles. The summed E-state index contributed by atoms with van der Waals surface area (Å²) in [5.41, 5.74) is 1.43. The Morgan fingerprint density at radius 3 is 2.86 bits per heavy atom. The first-order chi connectivity index (χ1) is 10.4. The molecule has 5 heteroatoms. The number of aromatic amines is 1. The molecule has 0 spiro atoms. The van der Waals surface area contributed by atoms with Gasteiger partial charge in [-0.2, -0.15) is 0 Å². The molecule has 1 aromatic heterocycles. The van der Waals surface area contributed by atoms with Crippen molar-refractivity contribution in [2.24, 2.45) is 0 Å². The molecule has 1 N–H and O–H groups in total. The monoisotopic (exact) mass is 303 g/mol. The maximum atomic E-state index is 12.3. The molecule has 1 unspecified atom stereocenters. The summed E-state index contributed by atoms with van der Waals surface area (Å²) in [4.78, 5) is 21.8. The minimum Gasteiger partial charge on any atom is -0.444 e. The highest BCUT2D eigenvalue weighted by Crippen LogP contribution is 2.32. The standard InChI is InChI=1S/C17H25N3O2/c1-6-12(7-2)13-11-18-15(19-13)14-9-8-10-20(14)16(21)22-17(3,4)5/h6-7,11,14H,1,8-10H2,2-5H3,(H,18,19)/b12-7+. The number of hydrogen-bond acceptors (Lipinski definition) is 3. The van der Waals surface area contributed by atoms with E-state index in [0.717, 1.165) is 29.9 Å². The number of nitrogens with one attached hydrogen (secondary N) is 1. The number of carbonyl (C=O) groups excluding carboxylic acids is 1. The average molecular weight is 303 g/mol. The summed E-state index contributed by atoms with van der Waals surface area (Å²) >= 11 is 0. The zero-order chi connectivity index (χ0) is 16.3. The van der Waals surface area contributed by atoms with E-state index in [1.807, 2.05) is 33.8 Å². The van der Waals surface area contributed by atoms with Crippen LogP contribution >= 0.6 is 0 Å². The summed E-state index contributed by atoms with van der Waals surface area (Å²) in [6.45, 7) is 12.1. The zero-order valence-corrected chi connectivity index (χ0v) is 13.8. The molecule has 0 aromatic carbocycles. The molecule has 1 atom stereocenters. The number of H-pyrrole nitrogens is 1. The van der Waals surface area contributed by atoms with Crippen LogP contribution in [0.3, 0.4) is 0 Å². The largest absolute Gasteiger partial charge is 0.444 e. The van der Waals surface area contributed by atoms with E-state index < -0.39 is 5.60 Å². The number of carbonyl (C=O) groups is 1. The summed E-state index contributed by atoms with van der Waals surface area (Å²) in [5, 5.41) is 0. The summed E-state index contributed by atoms with van der Waals surface area (Å²) < 4.78 is 5.49. The molecule has 22 heavy (non-hydrogen) atoms. The maximum Gasteiger partial charge on any atom is 0.410 e. The average Bonchev–Trinajstić information content (AvgIpc) is 3.06. The summed E-state index contributed by atoms with van der Waals surface area (Å²) in [6.07, 6.45) is 7.13. The van der Waals surface area contributed by atoms with E-state index in [0.29, 0.717) is 6.54 Å². The lowest BCUT2D eigenvalue weighted by molar-refractivity contribution is 0.0218. The second kappa shape index (κ2) is 6.38. The first-order valence-corrected chi connectivity index (χ1v) is 7.69. The molecule has 0 bridgehead atoms. The van der Waals surface area contributed by atoms with E-state index in [4.69, 9.17) is 4.74 Å². The third kappa shape index (κ3) is 3.59. The van der Waals surface area contributed by atoms with Crippen LogP contribution in [0.25, 0.3) is 5.57 Å². The fourth-order valence-corrected chi connectivity index (χ4v) is 2.63. The molecule has 0 saturated carbocycles. The number of imidazole rings is 1. The van der Waals surface area contributed by atoms with Gasteiger partial charge < -0.3 is 9.72 Å². The first-order valence-electron chi connectivity index (χ1n) is 7.69.